The van der Waals surface area contributed by atoms with Crippen LogP contribution in [0.15, 0.2) is 36.4 Å². The van der Waals surface area contributed by atoms with Crippen molar-refractivity contribution in [2.75, 3.05) is 39.7 Å². The quantitative estimate of drug-likeness (QED) is 0.729. The maximum atomic E-state index is 12.8. The summed E-state index contributed by atoms with van der Waals surface area (Å²) in [7, 11) is 4.76. The second kappa shape index (κ2) is 9.85. The first kappa shape index (κ1) is 21.3. The third-order valence-corrected chi connectivity index (χ3v) is 5.53. The van der Waals surface area contributed by atoms with Crippen molar-refractivity contribution in [1.82, 2.24) is 4.90 Å². The van der Waals surface area contributed by atoms with Gasteiger partial charge in [0, 0.05) is 24.6 Å². The molecule has 0 radical (unpaired) electrons. The normalized spacial score (nSPS) is 15.0. The van der Waals surface area contributed by atoms with E-state index in [9.17, 15) is 4.79 Å². The fraction of sp³-hybridized carbons (Fsp3) is 0.409. The summed E-state index contributed by atoms with van der Waals surface area (Å²) in [4.78, 5) is 15.2. The van der Waals surface area contributed by atoms with Gasteiger partial charge in [0.25, 0.3) is 0 Å². The molecule has 7 heteroatoms. The minimum atomic E-state index is -0.0389. The number of amides is 1. The molecule has 1 amide bonds. The number of rotatable bonds is 7. The Balaban J connectivity index is 1.57. The van der Waals surface area contributed by atoms with Crippen molar-refractivity contribution in [3.05, 3.63) is 47.0 Å². The Hall–Kier alpha value is -2.44. The highest BCUT2D eigenvalue weighted by Gasteiger charge is 2.26. The maximum Gasteiger partial charge on any atom is 0.227 e. The van der Waals surface area contributed by atoms with E-state index < -0.39 is 0 Å². The number of carbonyl (C=O) groups is 1. The zero-order valence-electron chi connectivity index (χ0n) is 17.0. The van der Waals surface area contributed by atoms with Crippen molar-refractivity contribution in [3.63, 3.8) is 0 Å². The fourth-order valence-electron chi connectivity index (χ4n) is 3.58. The lowest BCUT2D eigenvalue weighted by atomic mass is 9.95. The summed E-state index contributed by atoms with van der Waals surface area (Å²) in [5.74, 6) is 1.83. The summed E-state index contributed by atoms with van der Waals surface area (Å²) in [6.07, 6.45) is 1.62. The fourth-order valence-corrected chi connectivity index (χ4v) is 3.81. The molecule has 0 saturated carbocycles. The summed E-state index contributed by atoms with van der Waals surface area (Å²) in [5, 5.41) is 3.41. The van der Waals surface area contributed by atoms with Gasteiger partial charge in [-0.1, -0.05) is 23.7 Å². The van der Waals surface area contributed by atoms with E-state index in [-0.39, 0.29) is 11.8 Å². The Morgan fingerprint density at radius 3 is 2.45 bits per heavy atom. The predicted molar refractivity (Wildman–Crippen MR) is 114 cm³/mol. The number of methoxy groups -OCH3 is 3. The smallest absolute Gasteiger partial charge is 0.227 e. The SMILES string of the molecule is COc1cccc(CN2CCC(C(=O)Nc3cc(OC)c(Cl)cc3OC)CC2)c1. The average Bonchev–Trinajstić information content (AvgIpc) is 2.75. The molecule has 2 aromatic carbocycles. The van der Waals surface area contributed by atoms with Crippen LogP contribution in [0.5, 0.6) is 17.2 Å². The Morgan fingerprint density at radius 2 is 1.79 bits per heavy atom. The first-order chi connectivity index (χ1) is 14.0. The van der Waals surface area contributed by atoms with Crippen LogP contribution in [-0.4, -0.2) is 45.2 Å². The van der Waals surface area contributed by atoms with Crippen molar-refractivity contribution in [2.24, 2.45) is 5.92 Å². The van der Waals surface area contributed by atoms with E-state index in [0.717, 1.165) is 38.2 Å². The number of benzene rings is 2. The van der Waals surface area contributed by atoms with Gasteiger partial charge in [0.15, 0.2) is 0 Å². The highest BCUT2D eigenvalue weighted by molar-refractivity contribution is 6.32. The van der Waals surface area contributed by atoms with Gasteiger partial charge < -0.3 is 19.5 Å². The summed E-state index contributed by atoms with van der Waals surface area (Å²) in [5.41, 5.74) is 1.78. The molecule has 1 aliphatic rings. The molecule has 29 heavy (non-hydrogen) atoms. The Morgan fingerprint density at radius 1 is 1.07 bits per heavy atom. The van der Waals surface area contributed by atoms with Gasteiger partial charge in [-0.15, -0.1) is 0 Å². The van der Waals surface area contributed by atoms with Crippen LogP contribution in [0, 0.1) is 5.92 Å². The van der Waals surface area contributed by atoms with E-state index in [2.05, 4.69) is 22.3 Å². The number of nitrogens with one attached hydrogen (secondary N) is 1. The molecule has 6 nitrogen and oxygen atoms in total. The summed E-state index contributed by atoms with van der Waals surface area (Å²) in [6.45, 7) is 2.60. The van der Waals surface area contributed by atoms with Gasteiger partial charge in [0.2, 0.25) is 5.91 Å². The van der Waals surface area contributed by atoms with Gasteiger partial charge in [-0.25, -0.2) is 0 Å². The van der Waals surface area contributed by atoms with E-state index in [0.29, 0.717) is 22.2 Å². The Labute approximate surface area is 176 Å². The largest absolute Gasteiger partial charge is 0.497 e. The van der Waals surface area contributed by atoms with Crippen molar-refractivity contribution in [2.45, 2.75) is 19.4 Å². The third kappa shape index (κ3) is 5.34. The molecule has 1 fully saturated rings. The number of anilines is 1. The monoisotopic (exact) mass is 418 g/mol. The Kier molecular flexibility index (Phi) is 7.23. The molecule has 2 aromatic rings. The van der Waals surface area contributed by atoms with Gasteiger partial charge >= 0.3 is 0 Å². The van der Waals surface area contributed by atoms with Crippen LogP contribution < -0.4 is 19.5 Å². The molecule has 1 saturated heterocycles. The van der Waals surface area contributed by atoms with Crippen LogP contribution in [0.2, 0.25) is 5.02 Å². The number of nitrogens with zero attached hydrogens (tertiary/aromatic N) is 1. The molecule has 1 aliphatic heterocycles. The molecule has 0 unspecified atom stereocenters. The van der Waals surface area contributed by atoms with Gasteiger partial charge in [-0.2, -0.15) is 0 Å². The van der Waals surface area contributed by atoms with Gasteiger partial charge in [0.1, 0.15) is 17.2 Å². The molecule has 1 heterocycles. The lowest BCUT2D eigenvalue weighted by Gasteiger charge is -2.31. The highest BCUT2D eigenvalue weighted by Crippen LogP contribution is 2.36. The van der Waals surface area contributed by atoms with Crippen molar-refractivity contribution in [3.8, 4) is 17.2 Å². The zero-order chi connectivity index (χ0) is 20.8. The lowest BCUT2D eigenvalue weighted by molar-refractivity contribution is -0.121. The number of piperidine rings is 1. The maximum absolute atomic E-state index is 12.8. The molecule has 0 bridgehead atoms. The molecule has 0 spiro atoms. The predicted octanol–water partition coefficient (Wildman–Crippen LogP) is 4.22. The first-order valence-electron chi connectivity index (χ1n) is 9.61. The molecule has 1 N–H and O–H groups in total. The number of carbonyl (C=O) groups excluding carboxylic acids is 1. The van der Waals surface area contributed by atoms with Gasteiger partial charge in [0.05, 0.1) is 32.0 Å². The van der Waals surface area contributed by atoms with Crippen LogP contribution in [0.1, 0.15) is 18.4 Å². The summed E-state index contributed by atoms with van der Waals surface area (Å²) < 4.78 is 15.9. The van der Waals surface area contributed by atoms with Crippen LogP contribution >= 0.6 is 11.6 Å². The summed E-state index contributed by atoms with van der Waals surface area (Å²) in [6, 6.07) is 11.4. The second-order valence-corrected chi connectivity index (χ2v) is 7.49. The molecular formula is C22H27ClN2O4. The number of likely N-dealkylation sites (tertiary alicyclic amines) is 1. The number of hydrogen-bond acceptors (Lipinski definition) is 5. The molecule has 3 rings (SSSR count). The van der Waals surface area contributed by atoms with Crippen molar-refractivity contribution in [1.29, 1.82) is 0 Å². The van der Waals surface area contributed by atoms with Crippen LogP contribution in [0.3, 0.4) is 0 Å². The van der Waals surface area contributed by atoms with Crippen LogP contribution in [0.25, 0.3) is 0 Å². The molecule has 156 valence electrons. The minimum Gasteiger partial charge on any atom is -0.497 e. The van der Waals surface area contributed by atoms with E-state index in [1.807, 2.05) is 12.1 Å². The Bertz CT molecular complexity index is 851. The van der Waals surface area contributed by atoms with E-state index in [1.54, 1.807) is 26.4 Å². The van der Waals surface area contributed by atoms with Crippen LogP contribution in [0.4, 0.5) is 5.69 Å². The number of ether oxygens (including phenoxy) is 3. The minimum absolute atomic E-state index is 0.00583. The van der Waals surface area contributed by atoms with E-state index >= 15 is 0 Å². The summed E-state index contributed by atoms with van der Waals surface area (Å²) >= 11 is 6.14. The van der Waals surface area contributed by atoms with E-state index in [1.165, 1.54) is 12.7 Å². The molecular weight excluding hydrogens is 392 g/mol. The molecule has 0 aromatic heterocycles. The number of hydrogen-bond donors (Lipinski definition) is 1. The van der Waals surface area contributed by atoms with Crippen molar-refractivity contribution >= 4 is 23.2 Å². The molecule has 0 aliphatic carbocycles. The lowest BCUT2D eigenvalue weighted by Crippen LogP contribution is -2.37. The van der Waals surface area contributed by atoms with Gasteiger partial charge in [-0.05, 0) is 43.6 Å². The highest BCUT2D eigenvalue weighted by atomic mass is 35.5. The zero-order valence-corrected chi connectivity index (χ0v) is 17.8. The second-order valence-electron chi connectivity index (χ2n) is 7.08. The number of halogens is 1. The standard InChI is InChI=1S/C22H27ClN2O4/c1-27-17-6-4-5-15(11-17)14-25-9-7-16(8-10-25)22(26)24-19-13-20(28-2)18(23)12-21(19)29-3/h4-6,11-13,16H,7-10,14H2,1-3H3,(H,24,26). The average molecular weight is 419 g/mol. The van der Waals surface area contributed by atoms with Gasteiger partial charge in [-0.3, -0.25) is 9.69 Å². The third-order valence-electron chi connectivity index (χ3n) is 5.23. The van der Waals surface area contributed by atoms with E-state index in [4.69, 9.17) is 25.8 Å². The first-order valence-corrected chi connectivity index (χ1v) is 9.99. The van der Waals surface area contributed by atoms with Crippen molar-refractivity contribution < 1.29 is 19.0 Å². The molecule has 0 atom stereocenters. The van der Waals surface area contributed by atoms with Crippen LogP contribution in [-0.2, 0) is 11.3 Å². The topological polar surface area (TPSA) is 60.0 Å².